The number of ether oxygens (including phenoxy) is 2. The van der Waals surface area contributed by atoms with Gasteiger partial charge >= 0.3 is 0 Å². The lowest BCUT2D eigenvalue weighted by atomic mass is 10.2. The molecule has 1 aromatic carbocycles. The Morgan fingerprint density at radius 1 is 1.41 bits per heavy atom. The van der Waals surface area contributed by atoms with E-state index in [4.69, 9.17) is 20.4 Å². The number of rotatable bonds is 6. The number of oxime groups is 1. The van der Waals surface area contributed by atoms with Gasteiger partial charge in [0.15, 0.2) is 5.84 Å². The van der Waals surface area contributed by atoms with Crippen molar-refractivity contribution in [2.24, 2.45) is 10.9 Å². The molecular formula is C12H18N2O3. The highest BCUT2D eigenvalue weighted by Gasteiger charge is 2.01. The van der Waals surface area contributed by atoms with Crippen LogP contribution in [0, 0.1) is 0 Å². The van der Waals surface area contributed by atoms with E-state index in [0.29, 0.717) is 24.5 Å². The Kier molecular flexibility index (Phi) is 5.29. The van der Waals surface area contributed by atoms with Gasteiger partial charge in [0.25, 0.3) is 0 Å². The van der Waals surface area contributed by atoms with Crippen molar-refractivity contribution < 1.29 is 14.7 Å². The van der Waals surface area contributed by atoms with Crippen molar-refractivity contribution in [3.63, 3.8) is 0 Å². The van der Waals surface area contributed by atoms with E-state index in [9.17, 15) is 0 Å². The molecule has 0 amide bonds. The van der Waals surface area contributed by atoms with Crippen LogP contribution in [0.1, 0.15) is 19.4 Å². The highest BCUT2D eigenvalue weighted by molar-refractivity contribution is 5.97. The van der Waals surface area contributed by atoms with Gasteiger partial charge in [-0.3, -0.25) is 0 Å². The third-order valence-electron chi connectivity index (χ3n) is 2.04. The van der Waals surface area contributed by atoms with Gasteiger partial charge in [-0.1, -0.05) is 17.3 Å². The largest absolute Gasteiger partial charge is 0.491 e. The van der Waals surface area contributed by atoms with E-state index in [1.807, 2.05) is 19.9 Å². The smallest absolute Gasteiger partial charge is 0.170 e. The Morgan fingerprint density at radius 3 is 2.82 bits per heavy atom. The van der Waals surface area contributed by atoms with Crippen LogP contribution in [0.15, 0.2) is 29.4 Å². The van der Waals surface area contributed by atoms with Gasteiger partial charge in [-0.15, -0.1) is 0 Å². The van der Waals surface area contributed by atoms with Gasteiger partial charge in [-0.2, -0.15) is 0 Å². The molecule has 0 saturated carbocycles. The monoisotopic (exact) mass is 238 g/mol. The van der Waals surface area contributed by atoms with Crippen LogP contribution in [0.2, 0.25) is 0 Å². The molecule has 0 fully saturated rings. The Bertz CT molecular complexity index is 378. The Morgan fingerprint density at radius 2 is 2.18 bits per heavy atom. The number of nitrogens with two attached hydrogens (primary N) is 1. The number of amidine groups is 1. The van der Waals surface area contributed by atoms with Gasteiger partial charge in [-0.25, -0.2) is 0 Å². The molecule has 3 N–H and O–H groups in total. The van der Waals surface area contributed by atoms with E-state index in [2.05, 4.69) is 5.16 Å². The van der Waals surface area contributed by atoms with Crippen LogP contribution >= 0.6 is 0 Å². The molecule has 0 atom stereocenters. The molecule has 5 nitrogen and oxygen atoms in total. The maximum Gasteiger partial charge on any atom is 0.170 e. The van der Waals surface area contributed by atoms with Crippen molar-refractivity contribution in [2.45, 2.75) is 20.0 Å². The summed E-state index contributed by atoms with van der Waals surface area (Å²) in [6.45, 7) is 4.95. The van der Waals surface area contributed by atoms with Crippen molar-refractivity contribution in [3.8, 4) is 5.75 Å². The van der Waals surface area contributed by atoms with E-state index in [0.717, 1.165) is 0 Å². The molecule has 94 valence electrons. The molecular weight excluding hydrogens is 220 g/mol. The third-order valence-corrected chi connectivity index (χ3v) is 2.04. The Hall–Kier alpha value is -1.75. The molecule has 0 aliphatic rings. The predicted molar refractivity (Wildman–Crippen MR) is 65.5 cm³/mol. The molecule has 0 unspecified atom stereocenters. The SMILES string of the molecule is CC(C)OCCOc1cccc(/C(N)=N/O)c1. The summed E-state index contributed by atoms with van der Waals surface area (Å²) < 4.78 is 10.8. The normalized spacial score (nSPS) is 11.8. The number of nitrogens with zero attached hydrogens (tertiary/aromatic N) is 1. The van der Waals surface area contributed by atoms with Crippen LogP contribution in [0.25, 0.3) is 0 Å². The van der Waals surface area contributed by atoms with Crippen LogP contribution in [-0.4, -0.2) is 30.4 Å². The van der Waals surface area contributed by atoms with E-state index < -0.39 is 0 Å². The quantitative estimate of drug-likeness (QED) is 0.259. The highest BCUT2D eigenvalue weighted by atomic mass is 16.5. The van der Waals surface area contributed by atoms with Gasteiger partial charge in [0.2, 0.25) is 0 Å². The summed E-state index contributed by atoms with van der Waals surface area (Å²) in [4.78, 5) is 0. The van der Waals surface area contributed by atoms with Crippen LogP contribution in [0.3, 0.4) is 0 Å². The number of hydrogen-bond acceptors (Lipinski definition) is 4. The van der Waals surface area contributed by atoms with Gasteiger partial charge in [0.05, 0.1) is 12.7 Å². The lowest BCUT2D eigenvalue weighted by molar-refractivity contribution is 0.0552. The molecule has 0 bridgehead atoms. The second kappa shape index (κ2) is 6.75. The molecule has 1 rings (SSSR count). The van der Waals surface area contributed by atoms with Crippen LogP contribution < -0.4 is 10.5 Å². The van der Waals surface area contributed by atoms with Crippen molar-refractivity contribution in [1.82, 2.24) is 0 Å². The molecule has 17 heavy (non-hydrogen) atoms. The molecule has 0 heterocycles. The van der Waals surface area contributed by atoms with E-state index in [1.165, 1.54) is 0 Å². The fourth-order valence-corrected chi connectivity index (χ4v) is 1.25. The van der Waals surface area contributed by atoms with Crippen molar-refractivity contribution >= 4 is 5.84 Å². The first-order valence-electron chi connectivity index (χ1n) is 5.46. The molecule has 0 aliphatic heterocycles. The fourth-order valence-electron chi connectivity index (χ4n) is 1.25. The first kappa shape index (κ1) is 13.3. The predicted octanol–water partition coefficient (Wildman–Crippen LogP) is 1.58. The van der Waals surface area contributed by atoms with E-state index >= 15 is 0 Å². The summed E-state index contributed by atoms with van der Waals surface area (Å²) in [6.07, 6.45) is 0.196. The Labute approximate surface area is 101 Å². The van der Waals surface area contributed by atoms with Crippen molar-refractivity contribution in [2.75, 3.05) is 13.2 Å². The van der Waals surface area contributed by atoms with Crippen molar-refractivity contribution in [1.29, 1.82) is 0 Å². The molecule has 0 saturated heterocycles. The lowest BCUT2D eigenvalue weighted by Gasteiger charge is -2.09. The Balaban J connectivity index is 2.49. The minimum Gasteiger partial charge on any atom is -0.491 e. The second-order valence-corrected chi connectivity index (χ2v) is 3.78. The molecule has 1 aromatic rings. The maximum atomic E-state index is 8.56. The zero-order valence-corrected chi connectivity index (χ0v) is 10.1. The summed E-state index contributed by atoms with van der Waals surface area (Å²) in [5.41, 5.74) is 6.10. The maximum absolute atomic E-state index is 8.56. The summed E-state index contributed by atoms with van der Waals surface area (Å²) in [7, 11) is 0. The first-order chi connectivity index (χ1) is 8.13. The average molecular weight is 238 g/mol. The van der Waals surface area contributed by atoms with Gasteiger partial charge in [-0.05, 0) is 26.0 Å². The summed E-state index contributed by atoms with van der Waals surface area (Å²) >= 11 is 0. The van der Waals surface area contributed by atoms with Gasteiger partial charge < -0.3 is 20.4 Å². The van der Waals surface area contributed by atoms with Crippen molar-refractivity contribution in [3.05, 3.63) is 29.8 Å². The minimum atomic E-state index is 0.0638. The lowest BCUT2D eigenvalue weighted by Crippen LogP contribution is -2.14. The zero-order valence-electron chi connectivity index (χ0n) is 10.1. The summed E-state index contributed by atoms with van der Waals surface area (Å²) in [5, 5.41) is 11.5. The third kappa shape index (κ3) is 4.74. The van der Waals surface area contributed by atoms with Crippen LogP contribution in [0.5, 0.6) is 5.75 Å². The molecule has 5 heteroatoms. The topological polar surface area (TPSA) is 77.1 Å². The molecule has 0 spiro atoms. The van der Waals surface area contributed by atoms with E-state index in [-0.39, 0.29) is 11.9 Å². The number of hydrogen-bond donors (Lipinski definition) is 2. The average Bonchev–Trinajstić information content (AvgIpc) is 2.34. The molecule has 0 radical (unpaired) electrons. The first-order valence-corrected chi connectivity index (χ1v) is 5.46. The zero-order chi connectivity index (χ0) is 12.7. The number of benzene rings is 1. The van der Waals surface area contributed by atoms with E-state index in [1.54, 1.807) is 18.2 Å². The fraction of sp³-hybridized carbons (Fsp3) is 0.417. The minimum absolute atomic E-state index is 0.0638. The second-order valence-electron chi connectivity index (χ2n) is 3.78. The molecule has 0 aromatic heterocycles. The summed E-state index contributed by atoms with van der Waals surface area (Å²) in [5.74, 6) is 0.732. The van der Waals surface area contributed by atoms with Crippen LogP contribution in [0.4, 0.5) is 0 Å². The van der Waals surface area contributed by atoms with Crippen LogP contribution in [-0.2, 0) is 4.74 Å². The van der Waals surface area contributed by atoms with Gasteiger partial charge in [0, 0.05) is 5.56 Å². The standard InChI is InChI=1S/C12H18N2O3/c1-9(2)16-6-7-17-11-5-3-4-10(8-11)12(13)14-15/h3-5,8-9,15H,6-7H2,1-2H3,(H2,13,14). The van der Waals surface area contributed by atoms with Gasteiger partial charge in [0.1, 0.15) is 12.4 Å². The highest BCUT2D eigenvalue weighted by Crippen LogP contribution is 2.13. The summed E-state index contributed by atoms with van der Waals surface area (Å²) in [6, 6.07) is 7.05. The molecule has 0 aliphatic carbocycles.